The van der Waals surface area contributed by atoms with E-state index in [2.05, 4.69) is 21.2 Å². The molecule has 2 rings (SSSR count). The Kier molecular flexibility index (Phi) is 9.72. The van der Waals surface area contributed by atoms with Crippen LogP contribution < -0.4 is 14.4 Å². The van der Waals surface area contributed by atoms with Crippen molar-refractivity contribution in [1.82, 2.24) is 10.2 Å². The number of carbonyl (C=O) groups is 2. The lowest BCUT2D eigenvalue weighted by atomic mass is 10.1. The Morgan fingerprint density at radius 3 is 2.30 bits per heavy atom. The monoisotopic (exact) mass is 539 g/mol. The normalized spacial score (nSPS) is 12.0. The van der Waals surface area contributed by atoms with Gasteiger partial charge in [-0.15, -0.1) is 0 Å². The summed E-state index contributed by atoms with van der Waals surface area (Å²) in [4.78, 5) is 27.7. The zero-order valence-corrected chi connectivity index (χ0v) is 21.6. The molecule has 0 radical (unpaired) electrons. The summed E-state index contributed by atoms with van der Waals surface area (Å²) in [7, 11) is -2.20. The maximum atomic E-state index is 13.5. The van der Waals surface area contributed by atoms with Crippen molar-refractivity contribution in [2.45, 2.75) is 32.9 Å². The van der Waals surface area contributed by atoms with Crippen molar-refractivity contribution >= 4 is 43.5 Å². The van der Waals surface area contributed by atoms with Crippen LogP contribution in [0.4, 0.5) is 5.69 Å². The predicted octanol–water partition coefficient (Wildman–Crippen LogP) is 3.17. The van der Waals surface area contributed by atoms with Crippen LogP contribution in [0.5, 0.6) is 5.75 Å². The highest BCUT2D eigenvalue weighted by molar-refractivity contribution is 9.10. The molecule has 2 amide bonds. The van der Waals surface area contributed by atoms with Gasteiger partial charge in [-0.1, -0.05) is 41.1 Å². The fourth-order valence-corrected chi connectivity index (χ4v) is 4.61. The minimum absolute atomic E-state index is 0.147. The van der Waals surface area contributed by atoms with Crippen LogP contribution in [0.3, 0.4) is 0 Å². The van der Waals surface area contributed by atoms with Crippen LogP contribution in [-0.2, 0) is 26.2 Å². The SMILES string of the molecule is CCNC(=O)[C@@H](CC)N(Cc1ccc(OC)cc1)C(=O)CN(c1cccc(Br)c1)S(C)(=O)=O. The lowest BCUT2D eigenvalue weighted by molar-refractivity contribution is -0.140. The molecule has 0 aliphatic rings. The summed E-state index contributed by atoms with van der Waals surface area (Å²) in [6.07, 6.45) is 1.43. The fourth-order valence-electron chi connectivity index (χ4n) is 3.38. The number of amides is 2. The summed E-state index contributed by atoms with van der Waals surface area (Å²) in [6.45, 7) is 3.76. The van der Waals surface area contributed by atoms with Gasteiger partial charge in [-0.3, -0.25) is 13.9 Å². The van der Waals surface area contributed by atoms with Gasteiger partial charge in [0, 0.05) is 17.6 Å². The van der Waals surface area contributed by atoms with Crippen LogP contribution in [0.25, 0.3) is 0 Å². The molecule has 0 fully saturated rings. The molecule has 0 saturated carbocycles. The van der Waals surface area contributed by atoms with Gasteiger partial charge in [0.2, 0.25) is 21.8 Å². The van der Waals surface area contributed by atoms with Crippen LogP contribution in [0, 0.1) is 0 Å². The van der Waals surface area contributed by atoms with Crippen molar-refractivity contribution in [1.29, 1.82) is 0 Å². The van der Waals surface area contributed by atoms with E-state index < -0.39 is 28.5 Å². The van der Waals surface area contributed by atoms with Crippen molar-refractivity contribution < 1.29 is 22.7 Å². The number of anilines is 1. The highest BCUT2D eigenvalue weighted by Gasteiger charge is 2.31. The highest BCUT2D eigenvalue weighted by atomic mass is 79.9. The van der Waals surface area contributed by atoms with Crippen LogP contribution in [0.15, 0.2) is 53.0 Å². The van der Waals surface area contributed by atoms with E-state index in [4.69, 9.17) is 4.74 Å². The number of methoxy groups -OCH3 is 1. The number of halogens is 1. The Hall–Kier alpha value is -2.59. The molecule has 0 spiro atoms. The van der Waals surface area contributed by atoms with Gasteiger partial charge in [0.25, 0.3) is 0 Å². The van der Waals surface area contributed by atoms with E-state index in [9.17, 15) is 18.0 Å². The van der Waals surface area contributed by atoms with E-state index in [1.54, 1.807) is 50.4 Å². The molecule has 0 aromatic heterocycles. The van der Waals surface area contributed by atoms with E-state index in [1.807, 2.05) is 19.1 Å². The standard InChI is InChI=1S/C23H30BrN3O5S/c1-5-21(23(29)25-6-2)26(15-17-10-12-20(32-3)13-11-17)22(28)16-27(33(4,30)31)19-9-7-8-18(24)14-19/h7-14,21H,5-6,15-16H2,1-4H3,(H,25,29)/t21-/m1/s1. The second-order valence-electron chi connectivity index (χ2n) is 7.44. The van der Waals surface area contributed by atoms with Crippen LogP contribution in [0.1, 0.15) is 25.8 Å². The zero-order valence-electron chi connectivity index (χ0n) is 19.2. The lowest BCUT2D eigenvalue weighted by Crippen LogP contribution is -2.52. The Morgan fingerprint density at radius 1 is 1.12 bits per heavy atom. The molecule has 180 valence electrons. The van der Waals surface area contributed by atoms with Gasteiger partial charge in [0.05, 0.1) is 19.1 Å². The first kappa shape index (κ1) is 26.7. The van der Waals surface area contributed by atoms with Gasteiger partial charge < -0.3 is 15.0 Å². The van der Waals surface area contributed by atoms with E-state index >= 15 is 0 Å². The number of carbonyl (C=O) groups excluding carboxylic acids is 2. The topological polar surface area (TPSA) is 96.0 Å². The van der Waals surface area contributed by atoms with Crippen molar-refractivity contribution in [3.63, 3.8) is 0 Å². The Labute approximate surface area is 204 Å². The number of nitrogens with one attached hydrogen (secondary N) is 1. The van der Waals surface area contributed by atoms with E-state index in [-0.39, 0.29) is 12.5 Å². The Morgan fingerprint density at radius 2 is 1.79 bits per heavy atom. The molecule has 33 heavy (non-hydrogen) atoms. The third-order valence-corrected chi connectivity index (χ3v) is 6.66. The van der Waals surface area contributed by atoms with Crippen molar-refractivity contribution in [2.24, 2.45) is 0 Å². The highest BCUT2D eigenvalue weighted by Crippen LogP contribution is 2.23. The Bertz CT molecular complexity index is 1060. The molecule has 1 N–H and O–H groups in total. The fraction of sp³-hybridized carbons (Fsp3) is 0.391. The maximum Gasteiger partial charge on any atom is 0.244 e. The zero-order chi connectivity index (χ0) is 24.6. The molecule has 1 atom stereocenters. The van der Waals surface area contributed by atoms with Gasteiger partial charge in [0.1, 0.15) is 18.3 Å². The largest absolute Gasteiger partial charge is 0.497 e. The second-order valence-corrected chi connectivity index (χ2v) is 10.3. The smallest absolute Gasteiger partial charge is 0.244 e. The average molecular weight is 540 g/mol. The molecule has 2 aromatic carbocycles. The van der Waals surface area contributed by atoms with Gasteiger partial charge in [-0.25, -0.2) is 8.42 Å². The number of likely N-dealkylation sites (N-methyl/N-ethyl adjacent to an activating group) is 1. The number of rotatable bonds is 11. The summed E-state index contributed by atoms with van der Waals surface area (Å²) >= 11 is 3.34. The van der Waals surface area contributed by atoms with Crippen LogP contribution in [-0.4, -0.2) is 57.6 Å². The molecule has 0 heterocycles. The van der Waals surface area contributed by atoms with Gasteiger partial charge in [-0.05, 0) is 49.2 Å². The molecular formula is C23H30BrN3O5S. The van der Waals surface area contributed by atoms with E-state index in [0.29, 0.717) is 28.9 Å². The van der Waals surface area contributed by atoms with Crippen molar-refractivity contribution in [3.05, 3.63) is 58.6 Å². The molecule has 0 bridgehead atoms. The number of sulfonamides is 1. The molecule has 0 aliphatic carbocycles. The summed E-state index contributed by atoms with van der Waals surface area (Å²) < 4.78 is 32.0. The minimum Gasteiger partial charge on any atom is -0.497 e. The maximum absolute atomic E-state index is 13.5. The first-order valence-corrected chi connectivity index (χ1v) is 13.2. The van der Waals surface area contributed by atoms with E-state index in [0.717, 1.165) is 16.1 Å². The number of nitrogens with zero attached hydrogens (tertiary/aromatic N) is 2. The number of ether oxygens (including phenoxy) is 1. The quantitative estimate of drug-likeness (QED) is 0.473. The Balaban J connectivity index is 2.42. The molecule has 2 aromatic rings. The first-order chi connectivity index (χ1) is 15.6. The predicted molar refractivity (Wildman–Crippen MR) is 133 cm³/mol. The molecule has 0 aliphatic heterocycles. The van der Waals surface area contributed by atoms with Gasteiger partial charge >= 0.3 is 0 Å². The molecule has 0 saturated heterocycles. The van der Waals surface area contributed by atoms with Crippen molar-refractivity contribution in [2.75, 3.05) is 30.8 Å². The van der Waals surface area contributed by atoms with E-state index in [1.165, 1.54) is 4.90 Å². The molecule has 8 nitrogen and oxygen atoms in total. The lowest BCUT2D eigenvalue weighted by Gasteiger charge is -2.32. The minimum atomic E-state index is -3.76. The number of benzene rings is 2. The third kappa shape index (κ3) is 7.46. The third-order valence-electron chi connectivity index (χ3n) is 5.02. The van der Waals surface area contributed by atoms with Crippen LogP contribution >= 0.6 is 15.9 Å². The van der Waals surface area contributed by atoms with Gasteiger partial charge in [-0.2, -0.15) is 0 Å². The molecule has 10 heteroatoms. The van der Waals surface area contributed by atoms with Gasteiger partial charge in [0.15, 0.2) is 0 Å². The number of hydrogen-bond donors (Lipinski definition) is 1. The van der Waals surface area contributed by atoms with Crippen molar-refractivity contribution in [3.8, 4) is 5.75 Å². The summed E-state index contributed by atoms with van der Waals surface area (Å²) in [5.74, 6) is -0.0881. The summed E-state index contributed by atoms with van der Waals surface area (Å²) in [6, 6.07) is 13.1. The molecule has 0 unspecified atom stereocenters. The average Bonchev–Trinajstić information content (AvgIpc) is 2.77. The molecular weight excluding hydrogens is 510 g/mol. The summed E-state index contributed by atoms with van der Waals surface area (Å²) in [5.41, 5.74) is 1.15. The second kappa shape index (κ2) is 12.0. The first-order valence-electron chi connectivity index (χ1n) is 10.5. The number of hydrogen-bond acceptors (Lipinski definition) is 5. The van der Waals surface area contributed by atoms with Crippen LogP contribution in [0.2, 0.25) is 0 Å². The summed E-state index contributed by atoms with van der Waals surface area (Å²) in [5, 5.41) is 2.77.